The largest absolute Gasteiger partial charge is 0.396 e. The van der Waals surface area contributed by atoms with Crippen LogP contribution in [-0.2, 0) is 7.05 Å². The Kier molecular flexibility index (Phi) is 2.25. The number of nitrogens with two attached hydrogens (primary N) is 1. The monoisotopic (exact) mass is 201 g/mol. The number of benzene rings is 1. The molecule has 2 aromatic rings. The topological polar surface area (TPSA) is 60.9 Å². The van der Waals surface area contributed by atoms with Crippen LogP contribution in [-0.4, -0.2) is 16.1 Å². The number of aromatic nitrogens is 2. The van der Waals surface area contributed by atoms with Gasteiger partial charge in [0.25, 0.3) is 0 Å². The predicted molar refractivity (Wildman–Crippen MR) is 58.4 cm³/mol. The van der Waals surface area contributed by atoms with E-state index in [2.05, 4.69) is 5.10 Å². The van der Waals surface area contributed by atoms with Crippen molar-refractivity contribution in [3.63, 3.8) is 0 Å². The lowest BCUT2D eigenvalue weighted by molar-refractivity contribution is 0.112. The van der Waals surface area contributed by atoms with Gasteiger partial charge in [0.15, 0.2) is 0 Å². The summed E-state index contributed by atoms with van der Waals surface area (Å²) in [6.45, 7) is 0. The van der Waals surface area contributed by atoms with E-state index in [0.29, 0.717) is 11.3 Å². The van der Waals surface area contributed by atoms with E-state index in [4.69, 9.17) is 5.73 Å². The maximum Gasteiger partial charge on any atom is 0.150 e. The van der Waals surface area contributed by atoms with Gasteiger partial charge in [0, 0.05) is 18.2 Å². The Bertz CT molecular complexity index is 483. The summed E-state index contributed by atoms with van der Waals surface area (Å²) in [4.78, 5) is 10.6. The van der Waals surface area contributed by atoms with Crippen molar-refractivity contribution >= 4 is 12.0 Å². The molecule has 2 N–H and O–H groups in total. The molecule has 76 valence electrons. The Labute approximate surface area is 87.3 Å². The van der Waals surface area contributed by atoms with Crippen LogP contribution in [0.1, 0.15) is 10.4 Å². The van der Waals surface area contributed by atoms with Gasteiger partial charge in [0.05, 0.1) is 17.6 Å². The van der Waals surface area contributed by atoms with Crippen molar-refractivity contribution in [2.24, 2.45) is 7.05 Å². The van der Waals surface area contributed by atoms with Gasteiger partial charge < -0.3 is 5.73 Å². The molecular formula is C11H11N3O. The fourth-order valence-electron chi connectivity index (χ4n) is 1.57. The van der Waals surface area contributed by atoms with E-state index in [9.17, 15) is 4.79 Å². The number of aldehydes is 1. The van der Waals surface area contributed by atoms with Crippen molar-refractivity contribution in [2.45, 2.75) is 0 Å². The first kappa shape index (κ1) is 9.45. The van der Waals surface area contributed by atoms with E-state index in [-0.39, 0.29) is 0 Å². The molecule has 4 heteroatoms. The van der Waals surface area contributed by atoms with Crippen LogP contribution in [0, 0.1) is 0 Å². The smallest absolute Gasteiger partial charge is 0.150 e. The van der Waals surface area contributed by atoms with E-state index in [1.54, 1.807) is 23.0 Å². The third-order valence-electron chi connectivity index (χ3n) is 2.26. The number of nitrogen functional groups attached to an aromatic ring is 1. The summed E-state index contributed by atoms with van der Waals surface area (Å²) < 4.78 is 1.69. The number of anilines is 1. The van der Waals surface area contributed by atoms with Gasteiger partial charge in [-0.05, 0) is 6.07 Å². The first-order valence-corrected chi connectivity index (χ1v) is 4.55. The number of rotatable bonds is 2. The maximum atomic E-state index is 10.6. The standard InChI is InChI=1S/C11H11N3O/c1-14-11(10(12)6-13-14)9-4-2-3-8(5-9)7-15/h2-7H,12H2,1H3. The Morgan fingerprint density at radius 1 is 1.47 bits per heavy atom. The zero-order valence-corrected chi connectivity index (χ0v) is 8.34. The molecule has 0 bridgehead atoms. The molecule has 0 spiro atoms. The third-order valence-corrected chi connectivity index (χ3v) is 2.26. The molecule has 1 aromatic heterocycles. The number of hydrogen-bond acceptors (Lipinski definition) is 3. The lowest BCUT2D eigenvalue weighted by Gasteiger charge is -2.03. The average molecular weight is 201 g/mol. The second-order valence-electron chi connectivity index (χ2n) is 3.32. The van der Waals surface area contributed by atoms with Gasteiger partial charge in [0.2, 0.25) is 0 Å². The molecule has 1 heterocycles. The molecule has 0 fully saturated rings. The minimum Gasteiger partial charge on any atom is -0.396 e. The van der Waals surface area contributed by atoms with Crippen molar-refractivity contribution in [1.29, 1.82) is 0 Å². The van der Waals surface area contributed by atoms with Crippen molar-refractivity contribution in [2.75, 3.05) is 5.73 Å². The van der Waals surface area contributed by atoms with Crippen LogP contribution in [0.4, 0.5) is 5.69 Å². The molecule has 0 aliphatic rings. The highest BCUT2D eigenvalue weighted by atomic mass is 16.1. The molecule has 0 atom stereocenters. The zero-order valence-electron chi connectivity index (χ0n) is 8.34. The van der Waals surface area contributed by atoms with E-state index in [1.165, 1.54) is 0 Å². The van der Waals surface area contributed by atoms with Gasteiger partial charge in [-0.15, -0.1) is 0 Å². The zero-order chi connectivity index (χ0) is 10.8. The Hall–Kier alpha value is -2.10. The summed E-state index contributed by atoms with van der Waals surface area (Å²) in [6, 6.07) is 7.27. The summed E-state index contributed by atoms with van der Waals surface area (Å²) in [7, 11) is 1.82. The van der Waals surface area contributed by atoms with E-state index in [0.717, 1.165) is 17.5 Å². The number of carbonyl (C=O) groups is 1. The lowest BCUT2D eigenvalue weighted by Crippen LogP contribution is -1.96. The quantitative estimate of drug-likeness (QED) is 0.748. The highest BCUT2D eigenvalue weighted by Gasteiger charge is 2.08. The van der Waals surface area contributed by atoms with Crippen molar-refractivity contribution in [3.8, 4) is 11.3 Å². The van der Waals surface area contributed by atoms with Crippen LogP contribution in [0.2, 0.25) is 0 Å². The normalized spacial score (nSPS) is 10.2. The molecule has 2 rings (SSSR count). The molecule has 0 radical (unpaired) electrons. The second kappa shape index (κ2) is 3.57. The second-order valence-corrected chi connectivity index (χ2v) is 3.32. The van der Waals surface area contributed by atoms with Gasteiger partial charge >= 0.3 is 0 Å². The molecule has 1 aromatic carbocycles. The predicted octanol–water partition coefficient (Wildman–Crippen LogP) is 1.48. The summed E-state index contributed by atoms with van der Waals surface area (Å²) in [5.41, 5.74) is 8.77. The van der Waals surface area contributed by atoms with Crippen molar-refractivity contribution in [1.82, 2.24) is 9.78 Å². The molecule has 0 aliphatic carbocycles. The van der Waals surface area contributed by atoms with Crippen molar-refractivity contribution in [3.05, 3.63) is 36.0 Å². The fourth-order valence-corrected chi connectivity index (χ4v) is 1.57. The van der Waals surface area contributed by atoms with Crippen molar-refractivity contribution < 1.29 is 4.79 Å². The minimum atomic E-state index is 0.612. The number of carbonyl (C=O) groups excluding carboxylic acids is 1. The van der Waals surface area contributed by atoms with E-state index >= 15 is 0 Å². The Balaban J connectivity index is 2.58. The van der Waals surface area contributed by atoms with Crippen LogP contribution in [0.3, 0.4) is 0 Å². The van der Waals surface area contributed by atoms with E-state index < -0.39 is 0 Å². The number of aryl methyl sites for hydroxylation is 1. The SMILES string of the molecule is Cn1ncc(N)c1-c1cccc(C=O)c1. The van der Waals surface area contributed by atoms with Crippen LogP contribution < -0.4 is 5.73 Å². The number of nitrogens with zero attached hydrogens (tertiary/aromatic N) is 2. The van der Waals surface area contributed by atoms with Gasteiger partial charge in [-0.1, -0.05) is 18.2 Å². The molecule has 0 saturated heterocycles. The first-order chi connectivity index (χ1) is 7.22. The Morgan fingerprint density at radius 3 is 2.87 bits per heavy atom. The van der Waals surface area contributed by atoms with Gasteiger partial charge in [-0.3, -0.25) is 9.48 Å². The molecular weight excluding hydrogens is 190 g/mol. The van der Waals surface area contributed by atoms with Gasteiger partial charge in [-0.25, -0.2) is 0 Å². The summed E-state index contributed by atoms with van der Waals surface area (Å²) >= 11 is 0. The lowest BCUT2D eigenvalue weighted by atomic mass is 10.1. The highest BCUT2D eigenvalue weighted by molar-refractivity contribution is 5.80. The molecule has 0 amide bonds. The summed E-state index contributed by atoms with van der Waals surface area (Å²) in [5.74, 6) is 0. The van der Waals surface area contributed by atoms with Crippen LogP contribution >= 0.6 is 0 Å². The number of hydrogen-bond donors (Lipinski definition) is 1. The molecule has 0 aliphatic heterocycles. The fraction of sp³-hybridized carbons (Fsp3) is 0.0909. The van der Waals surface area contributed by atoms with Crippen LogP contribution in [0.15, 0.2) is 30.5 Å². The molecule has 0 saturated carbocycles. The molecule has 0 unspecified atom stereocenters. The van der Waals surface area contributed by atoms with Gasteiger partial charge in [-0.2, -0.15) is 5.10 Å². The molecule has 4 nitrogen and oxygen atoms in total. The average Bonchev–Trinajstić information content (AvgIpc) is 2.59. The van der Waals surface area contributed by atoms with Crippen LogP contribution in [0.25, 0.3) is 11.3 Å². The summed E-state index contributed by atoms with van der Waals surface area (Å²) in [6.07, 6.45) is 2.42. The third kappa shape index (κ3) is 1.61. The first-order valence-electron chi connectivity index (χ1n) is 4.55. The summed E-state index contributed by atoms with van der Waals surface area (Å²) in [5, 5.41) is 4.05. The highest BCUT2D eigenvalue weighted by Crippen LogP contribution is 2.24. The van der Waals surface area contributed by atoms with Gasteiger partial charge in [0.1, 0.15) is 6.29 Å². The molecule has 15 heavy (non-hydrogen) atoms. The Morgan fingerprint density at radius 2 is 2.27 bits per heavy atom. The maximum absolute atomic E-state index is 10.6. The van der Waals surface area contributed by atoms with Crippen LogP contribution in [0.5, 0.6) is 0 Å². The van der Waals surface area contributed by atoms with E-state index in [1.807, 2.05) is 19.2 Å². The minimum absolute atomic E-state index is 0.612.